The van der Waals surface area contributed by atoms with Gasteiger partial charge in [-0.25, -0.2) is 12.8 Å². The molecule has 0 saturated heterocycles. The van der Waals surface area contributed by atoms with E-state index in [1.165, 1.54) is 17.1 Å². The summed E-state index contributed by atoms with van der Waals surface area (Å²) in [5.41, 5.74) is -0.867. The van der Waals surface area contributed by atoms with Crippen molar-refractivity contribution in [3.05, 3.63) is 12.4 Å². The second-order valence-electron chi connectivity index (χ2n) is 12.0. The van der Waals surface area contributed by atoms with Gasteiger partial charge in [0.25, 0.3) is 0 Å². The van der Waals surface area contributed by atoms with Crippen molar-refractivity contribution in [2.75, 3.05) is 6.26 Å². The quantitative estimate of drug-likeness (QED) is 0.708. The lowest BCUT2D eigenvalue weighted by atomic mass is 9.48. The standard InChI is InChI=1S/C25H37FN2O4S/c1-24(30)8-6-17-16-7-9-25(2)20(18(16)10-22(26)19(17)11-24)4-5-21(25)23(29)14-28-13-15(12-27-28)33(3,31)32/h12-13,16-22,30H,4-11,14H2,1-3H3/t16-,17-,18-,19+,20+,21-,22-,24-,25+/m1/s1. The first-order chi connectivity index (χ1) is 15.4. The molecule has 1 heterocycles. The van der Waals surface area contributed by atoms with Crippen LogP contribution in [-0.2, 0) is 21.2 Å². The Bertz CT molecular complexity index is 1040. The molecule has 4 aliphatic rings. The van der Waals surface area contributed by atoms with Crippen LogP contribution in [0.25, 0.3) is 0 Å². The number of alkyl halides is 1. The molecule has 9 atom stereocenters. The average molecular weight is 481 g/mol. The molecule has 0 unspecified atom stereocenters. The van der Waals surface area contributed by atoms with Crippen LogP contribution < -0.4 is 0 Å². The van der Waals surface area contributed by atoms with Gasteiger partial charge in [-0.2, -0.15) is 5.10 Å². The SMILES string of the molecule is C[C@@]1(O)CC[C@@H]2[C@H]3CC[C@]4(C)[C@@H](C(=O)Cn5cc(S(C)(=O)=O)cn5)CC[C@H]4[C@@H]3C[C@@H](F)[C@H]2C1. The number of aliphatic hydroxyl groups is 1. The molecule has 0 aromatic carbocycles. The van der Waals surface area contributed by atoms with Gasteiger partial charge in [0.05, 0.1) is 18.3 Å². The van der Waals surface area contributed by atoms with E-state index in [2.05, 4.69) is 12.0 Å². The number of aromatic nitrogens is 2. The third-order valence-electron chi connectivity index (χ3n) is 9.99. The second-order valence-corrected chi connectivity index (χ2v) is 14.1. The molecule has 1 aromatic rings. The fourth-order valence-corrected chi connectivity index (χ4v) is 8.98. The number of carbonyl (C=O) groups excluding carboxylic acids is 1. The minimum Gasteiger partial charge on any atom is -0.390 e. The number of sulfone groups is 1. The molecule has 4 aliphatic carbocycles. The smallest absolute Gasteiger partial charge is 0.178 e. The Morgan fingerprint density at radius 1 is 1.15 bits per heavy atom. The Labute approximate surface area is 196 Å². The van der Waals surface area contributed by atoms with Crippen LogP contribution in [-0.4, -0.2) is 47.1 Å². The second kappa shape index (κ2) is 7.87. The number of halogens is 1. The first-order valence-corrected chi connectivity index (χ1v) is 14.4. The fraction of sp³-hybridized carbons (Fsp3) is 0.840. The maximum absolute atomic E-state index is 15.4. The summed E-state index contributed by atoms with van der Waals surface area (Å²) in [4.78, 5) is 13.5. The molecule has 6 nitrogen and oxygen atoms in total. The molecule has 0 amide bonds. The molecule has 0 spiro atoms. The van der Waals surface area contributed by atoms with Crippen LogP contribution in [0.4, 0.5) is 4.39 Å². The molecular formula is C25H37FN2O4S. The zero-order valence-corrected chi connectivity index (χ0v) is 20.7. The zero-order chi connectivity index (χ0) is 23.8. The van der Waals surface area contributed by atoms with Crippen LogP contribution in [0, 0.1) is 40.9 Å². The molecule has 0 aliphatic heterocycles. The summed E-state index contributed by atoms with van der Waals surface area (Å²) in [6.07, 6.45) is 9.63. The first-order valence-electron chi connectivity index (χ1n) is 12.5. The van der Waals surface area contributed by atoms with Crippen molar-refractivity contribution in [1.29, 1.82) is 0 Å². The van der Waals surface area contributed by atoms with E-state index in [4.69, 9.17) is 0 Å². The van der Waals surface area contributed by atoms with E-state index in [-0.39, 0.29) is 34.5 Å². The van der Waals surface area contributed by atoms with E-state index >= 15 is 4.39 Å². The molecule has 1 N–H and O–H groups in total. The van der Waals surface area contributed by atoms with Crippen LogP contribution in [0.3, 0.4) is 0 Å². The van der Waals surface area contributed by atoms with Gasteiger partial charge in [0.1, 0.15) is 11.1 Å². The van der Waals surface area contributed by atoms with Crippen molar-refractivity contribution in [2.24, 2.45) is 40.9 Å². The van der Waals surface area contributed by atoms with Gasteiger partial charge in [-0.05, 0) is 93.3 Å². The molecule has 4 saturated carbocycles. The van der Waals surface area contributed by atoms with Gasteiger partial charge in [-0.1, -0.05) is 6.92 Å². The van der Waals surface area contributed by atoms with Gasteiger partial charge in [0, 0.05) is 18.4 Å². The number of carbonyl (C=O) groups is 1. The van der Waals surface area contributed by atoms with Gasteiger partial charge in [-0.15, -0.1) is 0 Å². The Hall–Kier alpha value is -1.28. The van der Waals surface area contributed by atoms with Crippen molar-refractivity contribution < 1.29 is 22.7 Å². The highest BCUT2D eigenvalue weighted by atomic mass is 32.2. The summed E-state index contributed by atoms with van der Waals surface area (Å²) >= 11 is 0. The van der Waals surface area contributed by atoms with Crippen LogP contribution in [0.15, 0.2) is 17.3 Å². The lowest BCUT2D eigenvalue weighted by Gasteiger charge is -2.57. The number of nitrogens with zero attached hydrogens (tertiary/aromatic N) is 2. The number of ketones is 1. The van der Waals surface area contributed by atoms with Crippen molar-refractivity contribution in [1.82, 2.24) is 9.78 Å². The number of Topliss-reactive ketones (excluding diaryl/α,β-unsaturated/α-hetero) is 1. The normalized spacial score (nSPS) is 45.2. The van der Waals surface area contributed by atoms with Crippen LogP contribution >= 0.6 is 0 Å². The summed E-state index contributed by atoms with van der Waals surface area (Å²) < 4.78 is 40.3. The molecule has 1 aromatic heterocycles. The maximum Gasteiger partial charge on any atom is 0.178 e. The number of hydrogen-bond acceptors (Lipinski definition) is 5. The van der Waals surface area contributed by atoms with Crippen LogP contribution in [0.2, 0.25) is 0 Å². The lowest BCUT2D eigenvalue weighted by molar-refractivity contribution is -0.139. The minimum absolute atomic E-state index is 0.0259. The zero-order valence-electron chi connectivity index (χ0n) is 19.9. The summed E-state index contributed by atoms with van der Waals surface area (Å²) in [5, 5.41) is 14.6. The highest BCUT2D eigenvalue weighted by Crippen LogP contribution is 2.65. The third-order valence-corrected chi connectivity index (χ3v) is 11.1. The third kappa shape index (κ3) is 3.99. The lowest BCUT2D eigenvalue weighted by Crippen LogP contribution is -2.54. The molecular weight excluding hydrogens is 443 g/mol. The highest BCUT2D eigenvalue weighted by Gasteiger charge is 2.60. The summed E-state index contributed by atoms with van der Waals surface area (Å²) in [7, 11) is -3.35. The van der Waals surface area contributed by atoms with E-state index in [0.29, 0.717) is 36.5 Å². The van der Waals surface area contributed by atoms with Crippen molar-refractivity contribution >= 4 is 15.6 Å². The summed E-state index contributed by atoms with van der Waals surface area (Å²) in [5.74, 6) is 1.55. The Morgan fingerprint density at radius 3 is 2.55 bits per heavy atom. The number of hydrogen-bond donors (Lipinski definition) is 1. The predicted molar refractivity (Wildman–Crippen MR) is 122 cm³/mol. The average Bonchev–Trinajstić information content (AvgIpc) is 3.32. The molecule has 4 fully saturated rings. The van der Waals surface area contributed by atoms with E-state index in [1.807, 2.05) is 6.92 Å². The fourth-order valence-electron chi connectivity index (χ4n) is 8.42. The molecule has 184 valence electrons. The molecule has 5 rings (SSSR count). The largest absolute Gasteiger partial charge is 0.390 e. The maximum atomic E-state index is 15.4. The van der Waals surface area contributed by atoms with E-state index < -0.39 is 21.6 Å². The van der Waals surface area contributed by atoms with Gasteiger partial charge in [0.15, 0.2) is 15.6 Å². The van der Waals surface area contributed by atoms with Gasteiger partial charge in [-0.3, -0.25) is 9.48 Å². The van der Waals surface area contributed by atoms with Crippen LogP contribution in [0.5, 0.6) is 0 Å². The van der Waals surface area contributed by atoms with Gasteiger partial charge < -0.3 is 5.11 Å². The van der Waals surface area contributed by atoms with E-state index in [9.17, 15) is 18.3 Å². The molecule has 8 heteroatoms. The van der Waals surface area contributed by atoms with Crippen molar-refractivity contribution in [2.45, 2.75) is 88.4 Å². The van der Waals surface area contributed by atoms with E-state index in [1.54, 1.807) is 0 Å². The highest BCUT2D eigenvalue weighted by molar-refractivity contribution is 7.90. The first kappa shape index (κ1) is 23.5. The summed E-state index contributed by atoms with van der Waals surface area (Å²) in [6, 6.07) is 0. The van der Waals surface area contributed by atoms with Crippen molar-refractivity contribution in [3.63, 3.8) is 0 Å². The molecule has 33 heavy (non-hydrogen) atoms. The predicted octanol–water partition coefficient (Wildman–Crippen LogP) is 3.82. The number of fused-ring (bicyclic) bond motifs is 5. The Morgan fingerprint density at radius 2 is 1.85 bits per heavy atom. The summed E-state index contributed by atoms with van der Waals surface area (Å²) in [6.45, 7) is 4.17. The Balaban J connectivity index is 1.32. The minimum atomic E-state index is -3.35. The monoisotopic (exact) mass is 480 g/mol. The molecule has 0 bridgehead atoms. The van der Waals surface area contributed by atoms with Gasteiger partial charge in [0.2, 0.25) is 0 Å². The molecule has 0 radical (unpaired) electrons. The topological polar surface area (TPSA) is 89.3 Å². The Kier molecular flexibility index (Phi) is 5.59. The number of rotatable bonds is 4. The van der Waals surface area contributed by atoms with Crippen molar-refractivity contribution in [3.8, 4) is 0 Å². The van der Waals surface area contributed by atoms with Crippen LogP contribution in [0.1, 0.15) is 65.2 Å². The van der Waals surface area contributed by atoms with Gasteiger partial charge >= 0.3 is 0 Å². The van der Waals surface area contributed by atoms with E-state index in [0.717, 1.165) is 44.8 Å².